The number of nitrogens with zero attached hydrogens (tertiary/aromatic N) is 1. The Hall–Kier alpha value is -0.610. The van der Waals surface area contributed by atoms with Crippen molar-refractivity contribution < 1.29 is 9.90 Å². The third kappa shape index (κ3) is 3.95. The van der Waals surface area contributed by atoms with Crippen LogP contribution in [0.4, 0.5) is 0 Å². The predicted molar refractivity (Wildman–Crippen MR) is 73.0 cm³/mol. The lowest BCUT2D eigenvalue weighted by Gasteiger charge is -2.49. The second kappa shape index (κ2) is 5.17. The number of aliphatic hydroxyl groups is 1. The summed E-state index contributed by atoms with van der Waals surface area (Å²) in [4.78, 5) is 13.7. The predicted octanol–water partition coefficient (Wildman–Crippen LogP) is 1.37. The fraction of sp³-hybridized carbons (Fsp3) is 0.929. The fourth-order valence-electron chi connectivity index (χ4n) is 2.37. The summed E-state index contributed by atoms with van der Waals surface area (Å²) in [6, 6.07) is -0.0924. The fourth-order valence-corrected chi connectivity index (χ4v) is 2.37. The Morgan fingerprint density at radius 2 is 1.89 bits per heavy atom. The molecule has 1 fully saturated rings. The minimum atomic E-state index is -0.691. The van der Waals surface area contributed by atoms with Crippen LogP contribution >= 0.6 is 0 Å². The number of carbonyl (C=O) groups is 1. The summed E-state index contributed by atoms with van der Waals surface area (Å²) in [6.45, 7) is 11.2. The summed E-state index contributed by atoms with van der Waals surface area (Å²) >= 11 is 0. The molecule has 3 N–H and O–H groups in total. The molecule has 1 saturated heterocycles. The minimum absolute atomic E-state index is 0.0667. The number of nitrogens with two attached hydrogens (primary N) is 1. The highest BCUT2D eigenvalue weighted by Gasteiger charge is 2.45. The van der Waals surface area contributed by atoms with Gasteiger partial charge in [-0.05, 0) is 17.8 Å². The van der Waals surface area contributed by atoms with Gasteiger partial charge in [0, 0.05) is 12.5 Å². The number of likely N-dealkylation sites (tertiary alicyclic amines) is 1. The van der Waals surface area contributed by atoms with E-state index in [1.165, 1.54) is 0 Å². The van der Waals surface area contributed by atoms with Gasteiger partial charge in [0.1, 0.15) is 5.60 Å². The molecule has 0 saturated carbocycles. The van der Waals surface area contributed by atoms with Crippen molar-refractivity contribution in [1.29, 1.82) is 0 Å². The largest absolute Gasteiger partial charge is 0.386 e. The topological polar surface area (TPSA) is 66.6 Å². The molecule has 0 radical (unpaired) electrons. The van der Waals surface area contributed by atoms with Gasteiger partial charge in [0.15, 0.2) is 0 Å². The van der Waals surface area contributed by atoms with E-state index in [1.54, 1.807) is 4.90 Å². The number of hydrogen-bond donors (Lipinski definition) is 2. The van der Waals surface area contributed by atoms with Gasteiger partial charge >= 0.3 is 0 Å². The van der Waals surface area contributed by atoms with E-state index in [-0.39, 0.29) is 23.3 Å². The summed E-state index contributed by atoms with van der Waals surface area (Å²) in [5.74, 6) is 0.252. The molecule has 0 aromatic carbocycles. The first-order valence-corrected chi connectivity index (χ1v) is 6.79. The van der Waals surface area contributed by atoms with Crippen molar-refractivity contribution in [2.75, 3.05) is 13.1 Å². The maximum Gasteiger partial charge on any atom is 0.224 e. The zero-order valence-corrected chi connectivity index (χ0v) is 12.4. The molecule has 1 heterocycles. The maximum absolute atomic E-state index is 12.0. The van der Waals surface area contributed by atoms with Gasteiger partial charge in [0.05, 0.1) is 13.1 Å². The van der Waals surface area contributed by atoms with Gasteiger partial charge in [0.2, 0.25) is 5.91 Å². The molecule has 1 aliphatic rings. The van der Waals surface area contributed by atoms with Crippen molar-refractivity contribution in [3.05, 3.63) is 0 Å². The van der Waals surface area contributed by atoms with Crippen LogP contribution in [0.15, 0.2) is 0 Å². The monoisotopic (exact) mass is 256 g/mol. The van der Waals surface area contributed by atoms with Crippen LogP contribution in [-0.2, 0) is 4.79 Å². The lowest BCUT2D eigenvalue weighted by Crippen LogP contribution is -2.66. The first-order valence-electron chi connectivity index (χ1n) is 6.79. The zero-order chi connectivity index (χ0) is 14.1. The van der Waals surface area contributed by atoms with Gasteiger partial charge in [-0.3, -0.25) is 4.79 Å². The summed E-state index contributed by atoms with van der Waals surface area (Å²) in [5, 5.41) is 10.1. The molecule has 0 bridgehead atoms. The Bertz CT molecular complexity index is 301. The van der Waals surface area contributed by atoms with Crippen LogP contribution in [0.3, 0.4) is 0 Å². The molecule has 4 nitrogen and oxygen atoms in total. The van der Waals surface area contributed by atoms with Crippen LogP contribution < -0.4 is 5.73 Å². The van der Waals surface area contributed by atoms with Gasteiger partial charge < -0.3 is 15.7 Å². The van der Waals surface area contributed by atoms with Crippen LogP contribution in [-0.4, -0.2) is 40.6 Å². The Morgan fingerprint density at radius 1 is 1.39 bits per heavy atom. The molecule has 0 aromatic rings. The van der Waals surface area contributed by atoms with Gasteiger partial charge in [-0.1, -0.05) is 34.6 Å². The first kappa shape index (κ1) is 15.4. The smallest absolute Gasteiger partial charge is 0.224 e. The maximum atomic E-state index is 12.0. The third-order valence-corrected chi connectivity index (χ3v) is 3.67. The SMILES string of the molecule is CC(C)C1(O)CN(C(=O)CC(N)CC(C)(C)C)C1. The van der Waals surface area contributed by atoms with E-state index in [1.807, 2.05) is 13.8 Å². The summed E-state index contributed by atoms with van der Waals surface area (Å²) < 4.78 is 0. The van der Waals surface area contributed by atoms with E-state index >= 15 is 0 Å². The summed E-state index contributed by atoms with van der Waals surface area (Å²) in [7, 11) is 0. The van der Waals surface area contributed by atoms with Crippen molar-refractivity contribution in [3.63, 3.8) is 0 Å². The van der Waals surface area contributed by atoms with Gasteiger partial charge in [-0.15, -0.1) is 0 Å². The molecule has 1 amide bonds. The quantitative estimate of drug-likeness (QED) is 0.798. The summed E-state index contributed by atoms with van der Waals surface area (Å²) in [5.41, 5.74) is 5.45. The zero-order valence-electron chi connectivity index (χ0n) is 12.4. The van der Waals surface area contributed by atoms with E-state index in [4.69, 9.17) is 5.73 Å². The standard InChI is InChI=1S/C14H28N2O2/c1-10(2)14(18)8-16(9-14)12(17)6-11(15)7-13(3,4)5/h10-11,18H,6-9,15H2,1-5H3. The second-order valence-corrected chi connectivity index (χ2v) is 7.24. The molecule has 0 aromatic heterocycles. The van der Waals surface area contributed by atoms with E-state index in [0.29, 0.717) is 19.5 Å². The van der Waals surface area contributed by atoms with Gasteiger partial charge in [-0.2, -0.15) is 0 Å². The first-order chi connectivity index (χ1) is 8.03. The second-order valence-electron chi connectivity index (χ2n) is 7.24. The van der Waals surface area contributed by atoms with Crippen LogP contribution in [0.2, 0.25) is 0 Å². The number of carbonyl (C=O) groups excluding carboxylic acids is 1. The molecular weight excluding hydrogens is 228 g/mol. The third-order valence-electron chi connectivity index (χ3n) is 3.67. The average molecular weight is 256 g/mol. The van der Waals surface area contributed by atoms with Crippen LogP contribution in [0.25, 0.3) is 0 Å². The number of rotatable bonds is 4. The molecule has 106 valence electrons. The van der Waals surface area contributed by atoms with E-state index in [2.05, 4.69) is 20.8 Å². The van der Waals surface area contributed by atoms with Crippen molar-refractivity contribution in [3.8, 4) is 0 Å². The Labute approximate surface area is 111 Å². The molecule has 1 aliphatic heterocycles. The molecule has 1 rings (SSSR count). The minimum Gasteiger partial charge on any atom is -0.386 e. The Balaban J connectivity index is 2.36. The molecule has 1 unspecified atom stereocenters. The summed E-state index contributed by atoms with van der Waals surface area (Å²) in [6.07, 6.45) is 1.21. The van der Waals surface area contributed by atoms with Crippen molar-refractivity contribution >= 4 is 5.91 Å². The van der Waals surface area contributed by atoms with E-state index in [9.17, 15) is 9.90 Å². The lowest BCUT2D eigenvalue weighted by molar-refractivity contribution is -0.164. The molecule has 18 heavy (non-hydrogen) atoms. The van der Waals surface area contributed by atoms with Crippen molar-refractivity contribution in [2.24, 2.45) is 17.1 Å². The molecule has 1 atom stereocenters. The average Bonchev–Trinajstić information content (AvgIpc) is 2.08. The molecular formula is C14H28N2O2. The van der Waals surface area contributed by atoms with Crippen LogP contribution in [0, 0.1) is 11.3 Å². The Morgan fingerprint density at radius 3 is 2.28 bits per heavy atom. The molecule has 0 aliphatic carbocycles. The van der Waals surface area contributed by atoms with Crippen LogP contribution in [0.1, 0.15) is 47.5 Å². The number of amides is 1. The van der Waals surface area contributed by atoms with Gasteiger partial charge in [0.25, 0.3) is 0 Å². The van der Waals surface area contributed by atoms with E-state index < -0.39 is 5.60 Å². The number of hydrogen-bond acceptors (Lipinski definition) is 3. The van der Waals surface area contributed by atoms with Crippen LogP contribution in [0.5, 0.6) is 0 Å². The Kier molecular flexibility index (Phi) is 4.44. The van der Waals surface area contributed by atoms with Crippen molar-refractivity contribution in [1.82, 2.24) is 4.90 Å². The van der Waals surface area contributed by atoms with Gasteiger partial charge in [-0.25, -0.2) is 0 Å². The molecule has 4 heteroatoms. The highest BCUT2D eigenvalue weighted by molar-refractivity contribution is 5.78. The highest BCUT2D eigenvalue weighted by atomic mass is 16.3. The normalized spacial score (nSPS) is 20.8. The van der Waals surface area contributed by atoms with E-state index in [0.717, 1.165) is 6.42 Å². The lowest BCUT2D eigenvalue weighted by atomic mass is 9.82. The highest BCUT2D eigenvalue weighted by Crippen LogP contribution is 2.29. The van der Waals surface area contributed by atoms with Crippen molar-refractivity contribution in [2.45, 2.75) is 59.1 Å². The number of β-amino-alcohol motifs (C(OH)–C–C–N with tert-alkyl or cyclic N) is 1. The molecule has 0 spiro atoms.